The van der Waals surface area contributed by atoms with E-state index in [2.05, 4.69) is 38.2 Å². The molecule has 0 saturated carbocycles. The zero-order chi connectivity index (χ0) is 31.6. The van der Waals surface area contributed by atoms with Crippen molar-refractivity contribution in [1.29, 1.82) is 0 Å². The van der Waals surface area contributed by atoms with Gasteiger partial charge in [0.1, 0.15) is 29.9 Å². The molecule has 1 aliphatic heterocycles. The Labute approximate surface area is 253 Å². The molecule has 1 unspecified atom stereocenters. The second-order valence-corrected chi connectivity index (χ2v) is 12.2. The van der Waals surface area contributed by atoms with E-state index >= 15 is 0 Å². The molecule has 1 aromatic heterocycles. The Balaban J connectivity index is 1.65. The van der Waals surface area contributed by atoms with E-state index in [9.17, 15) is 19.2 Å². The minimum atomic E-state index is -1.27. The second kappa shape index (κ2) is 14.8. The monoisotopic (exact) mass is 599 g/mol. The average Bonchev–Trinajstić information content (AvgIpc) is 3.56. The van der Waals surface area contributed by atoms with Gasteiger partial charge in [0.25, 0.3) is 0 Å². The van der Waals surface area contributed by atoms with Crippen molar-refractivity contribution in [2.45, 2.75) is 97.0 Å². The summed E-state index contributed by atoms with van der Waals surface area (Å²) < 4.78 is 12.4. The predicted octanol–water partition coefficient (Wildman–Crippen LogP) is 3.11. The van der Waals surface area contributed by atoms with Gasteiger partial charge in [-0.3, -0.25) is 9.59 Å². The predicted molar refractivity (Wildman–Crippen MR) is 159 cm³/mol. The molecule has 3 N–H and O–H groups in total. The Morgan fingerprint density at radius 3 is 2.49 bits per heavy atom. The van der Waals surface area contributed by atoms with E-state index in [1.807, 2.05) is 18.2 Å². The number of hydrogen-bond donors (Lipinski definition) is 3. The van der Waals surface area contributed by atoms with Gasteiger partial charge in [0.05, 0.1) is 12.6 Å². The second-order valence-electron chi connectivity index (χ2n) is 12.2. The summed E-state index contributed by atoms with van der Waals surface area (Å²) in [7, 11) is 0. The first kappa shape index (κ1) is 33.3. The van der Waals surface area contributed by atoms with Gasteiger partial charge in [-0.25, -0.2) is 19.3 Å². The number of ether oxygens (including phenoxy) is 2. The Morgan fingerprint density at radius 2 is 1.81 bits per heavy atom. The molecule has 3 rings (SSSR count). The van der Waals surface area contributed by atoms with Crippen LogP contribution in [0.25, 0.3) is 0 Å². The Kier molecular flexibility index (Phi) is 11.5. The number of aromatic nitrogens is 3. The molecule has 13 nitrogen and oxygen atoms in total. The van der Waals surface area contributed by atoms with Gasteiger partial charge in [-0.15, -0.1) is 0 Å². The van der Waals surface area contributed by atoms with Crippen LogP contribution in [0.5, 0.6) is 0 Å². The molecule has 13 heteroatoms. The van der Waals surface area contributed by atoms with Crippen LogP contribution in [-0.4, -0.2) is 80.5 Å². The molecule has 2 aromatic rings. The van der Waals surface area contributed by atoms with E-state index in [1.165, 1.54) is 18.8 Å². The summed E-state index contributed by atoms with van der Waals surface area (Å²) in [6.45, 7) is 11.1. The highest BCUT2D eigenvalue weighted by Gasteiger charge is 2.34. The van der Waals surface area contributed by atoms with Crippen molar-refractivity contribution in [3.05, 3.63) is 48.0 Å². The summed E-state index contributed by atoms with van der Waals surface area (Å²) >= 11 is 0. The average molecular weight is 600 g/mol. The molecule has 0 spiro atoms. The van der Waals surface area contributed by atoms with Crippen LogP contribution in [0.2, 0.25) is 0 Å². The third kappa shape index (κ3) is 10.9. The van der Waals surface area contributed by atoms with Crippen LogP contribution in [-0.2, 0) is 32.0 Å². The van der Waals surface area contributed by atoms with Gasteiger partial charge in [0.2, 0.25) is 11.8 Å². The zero-order valence-electron chi connectivity index (χ0n) is 26.0. The summed E-state index contributed by atoms with van der Waals surface area (Å²) in [6.07, 6.45) is 3.02. The van der Waals surface area contributed by atoms with E-state index < -0.39 is 35.3 Å². The maximum atomic E-state index is 13.4. The van der Waals surface area contributed by atoms with E-state index in [1.54, 1.807) is 44.2 Å². The molecule has 4 amide bonds. The summed E-state index contributed by atoms with van der Waals surface area (Å²) in [5.74, 6) is -0.0300. The van der Waals surface area contributed by atoms with Crippen LogP contribution in [0.15, 0.2) is 36.7 Å². The van der Waals surface area contributed by atoms with Crippen molar-refractivity contribution < 1.29 is 28.7 Å². The lowest BCUT2D eigenvalue weighted by Crippen LogP contribution is -2.56. The summed E-state index contributed by atoms with van der Waals surface area (Å²) in [4.78, 5) is 55.7. The molecule has 0 bridgehead atoms. The zero-order valence-corrected chi connectivity index (χ0v) is 26.0. The Hall–Kier alpha value is -4.16. The normalized spacial score (nSPS) is 15.9. The molecule has 1 fully saturated rings. The van der Waals surface area contributed by atoms with E-state index in [0.717, 1.165) is 12.8 Å². The summed E-state index contributed by atoms with van der Waals surface area (Å²) in [5, 5.41) is 12.8. The van der Waals surface area contributed by atoms with Crippen LogP contribution in [0.4, 0.5) is 9.59 Å². The van der Waals surface area contributed by atoms with Crippen molar-refractivity contribution >= 4 is 24.0 Å². The van der Waals surface area contributed by atoms with Crippen LogP contribution in [0.1, 0.15) is 78.2 Å². The first-order valence-electron chi connectivity index (χ1n) is 14.7. The standard InChI is InChI=1S/C30H45N7O6/c1-21(38)33-23-15-16-36(19-23)28(41)42-18-17-37-25(31-20-32-37)24(14-10-13-22-11-8-7-9-12-22)34-26(39)30(5,6)35-27(40)43-29(2,3)4/h7-9,11-12,20,23-24H,10,13-19H2,1-6H3,(H,33,38)(H,34,39)(H,35,40)/t23-,24?/m1/s1. The van der Waals surface area contributed by atoms with Crippen LogP contribution >= 0.6 is 0 Å². The van der Waals surface area contributed by atoms with Crippen molar-refractivity contribution in [1.82, 2.24) is 35.6 Å². The van der Waals surface area contributed by atoms with Crippen molar-refractivity contribution in [3.63, 3.8) is 0 Å². The van der Waals surface area contributed by atoms with Crippen LogP contribution in [0.3, 0.4) is 0 Å². The third-order valence-corrected chi connectivity index (χ3v) is 6.83. The number of likely N-dealkylation sites (tertiary alicyclic amines) is 1. The lowest BCUT2D eigenvalue weighted by molar-refractivity contribution is -0.127. The van der Waals surface area contributed by atoms with Gasteiger partial charge < -0.3 is 30.3 Å². The maximum Gasteiger partial charge on any atom is 0.409 e. The largest absolute Gasteiger partial charge is 0.447 e. The number of hydrogen-bond acceptors (Lipinski definition) is 8. The van der Waals surface area contributed by atoms with Crippen LogP contribution in [0, 0.1) is 0 Å². The van der Waals surface area contributed by atoms with Crippen molar-refractivity contribution in [3.8, 4) is 0 Å². The third-order valence-electron chi connectivity index (χ3n) is 6.83. The van der Waals surface area contributed by atoms with E-state index in [4.69, 9.17) is 9.47 Å². The molecule has 2 atom stereocenters. The molecule has 236 valence electrons. The van der Waals surface area contributed by atoms with Crippen LogP contribution < -0.4 is 16.0 Å². The maximum absolute atomic E-state index is 13.4. The number of alkyl carbamates (subject to hydrolysis) is 1. The topological polar surface area (TPSA) is 157 Å². The molecular formula is C30H45N7O6. The lowest BCUT2D eigenvalue weighted by Gasteiger charge is -2.29. The first-order chi connectivity index (χ1) is 20.2. The van der Waals surface area contributed by atoms with Gasteiger partial charge in [-0.1, -0.05) is 30.3 Å². The fourth-order valence-electron chi connectivity index (χ4n) is 4.73. The molecule has 0 radical (unpaired) electrons. The SMILES string of the molecule is CC(=O)N[C@@H]1CCN(C(=O)OCCn2ncnc2C(CCCc2ccccc2)NC(=O)C(C)(C)NC(=O)OC(C)(C)C)C1. The fourth-order valence-corrected chi connectivity index (χ4v) is 4.73. The number of carbonyl (C=O) groups is 4. The number of nitrogens with zero attached hydrogens (tertiary/aromatic N) is 4. The summed E-state index contributed by atoms with van der Waals surface area (Å²) in [6, 6.07) is 9.44. The van der Waals surface area contributed by atoms with Gasteiger partial charge in [0.15, 0.2) is 0 Å². The van der Waals surface area contributed by atoms with Crippen molar-refractivity contribution in [2.75, 3.05) is 19.7 Å². The molecule has 0 aliphatic carbocycles. The number of carbonyl (C=O) groups excluding carboxylic acids is 4. The van der Waals surface area contributed by atoms with Gasteiger partial charge in [0, 0.05) is 26.1 Å². The molecule has 1 aromatic carbocycles. The minimum absolute atomic E-state index is 0.0485. The number of aryl methyl sites for hydroxylation is 1. The molecule has 2 heterocycles. The highest BCUT2D eigenvalue weighted by Crippen LogP contribution is 2.20. The Bertz CT molecular complexity index is 1240. The number of rotatable bonds is 12. The van der Waals surface area contributed by atoms with Crippen molar-refractivity contribution in [2.24, 2.45) is 0 Å². The Morgan fingerprint density at radius 1 is 1.09 bits per heavy atom. The number of nitrogens with one attached hydrogen (secondary N) is 3. The highest BCUT2D eigenvalue weighted by atomic mass is 16.6. The van der Waals surface area contributed by atoms with Gasteiger partial charge >= 0.3 is 12.2 Å². The molecular weight excluding hydrogens is 554 g/mol. The fraction of sp³-hybridized carbons (Fsp3) is 0.600. The smallest absolute Gasteiger partial charge is 0.409 e. The molecule has 43 heavy (non-hydrogen) atoms. The van der Waals surface area contributed by atoms with Gasteiger partial charge in [-0.05, 0) is 65.9 Å². The summed E-state index contributed by atoms with van der Waals surface area (Å²) in [5.41, 5.74) is -0.806. The number of benzene rings is 1. The highest BCUT2D eigenvalue weighted by molar-refractivity contribution is 5.89. The molecule has 1 saturated heterocycles. The number of amides is 4. The first-order valence-corrected chi connectivity index (χ1v) is 14.7. The van der Waals surface area contributed by atoms with E-state index in [0.29, 0.717) is 31.8 Å². The molecule has 1 aliphatic rings. The quantitative estimate of drug-likeness (QED) is 0.336. The van der Waals surface area contributed by atoms with E-state index in [-0.39, 0.29) is 25.1 Å². The lowest BCUT2D eigenvalue weighted by atomic mass is 10.0. The minimum Gasteiger partial charge on any atom is -0.447 e. The van der Waals surface area contributed by atoms with Gasteiger partial charge in [-0.2, -0.15) is 5.10 Å².